The number of aromatic nitrogens is 1. The van der Waals surface area contributed by atoms with Gasteiger partial charge in [-0.1, -0.05) is 37.5 Å². The lowest BCUT2D eigenvalue weighted by Crippen LogP contribution is -2.14. The summed E-state index contributed by atoms with van der Waals surface area (Å²) < 4.78 is 0. The molecule has 2 nitrogen and oxygen atoms in total. The topological polar surface area (TPSA) is 19.0 Å². The predicted octanol–water partition coefficient (Wildman–Crippen LogP) is 4.28. The van der Waals surface area contributed by atoms with Gasteiger partial charge in [0.25, 0.3) is 0 Å². The van der Waals surface area contributed by atoms with E-state index in [0.717, 1.165) is 12.5 Å². The van der Waals surface area contributed by atoms with Crippen LogP contribution in [0.4, 0.5) is 0 Å². The molecule has 102 valence electrons. The Balaban J connectivity index is 2.05. The van der Waals surface area contributed by atoms with E-state index in [9.17, 15) is 0 Å². The second kappa shape index (κ2) is 5.38. The van der Waals surface area contributed by atoms with E-state index in [1.54, 1.807) is 0 Å². The molecule has 0 unspecified atom stereocenters. The molecule has 1 N–H and O–H groups in total. The van der Waals surface area contributed by atoms with Crippen molar-refractivity contribution in [3.05, 3.63) is 35.5 Å². The first-order valence-electron chi connectivity index (χ1n) is 7.50. The van der Waals surface area contributed by atoms with Crippen LogP contribution in [0.2, 0.25) is 0 Å². The Morgan fingerprint density at radius 3 is 2.58 bits per heavy atom. The smallest absolute Gasteiger partial charge is 0.0459 e. The van der Waals surface area contributed by atoms with Crippen LogP contribution >= 0.6 is 0 Å². The van der Waals surface area contributed by atoms with Crippen molar-refractivity contribution < 1.29 is 0 Å². The maximum Gasteiger partial charge on any atom is 0.0459 e. The van der Waals surface area contributed by atoms with Crippen LogP contribution < -0.4 is 0 Å². The summed E-state index contributed by atoms with van der Waals surface area (Å²) >= 11 is 0. The molecule has 1 fully saturated rings. The zero-order valence-electron chi connectivity index (χ0n) is 12.1. The predicted molar refractivity (Wildman–Crippen MR) is 81.5 cm³/mol. The lowest BCUT2D eigenvalue weighted by molar-refractivity contribution is 0.392. The van der Waals surface area contributed by atoms with Crippen molar-refractivity contribution in [3.63, 3.8) is 0 Å². The van der Waals surface area contributed by atoms with Gasteiger partial charge < -0.3 is 9.88 Å². The van der Waals surface area contributed by atoms with Gasteiger partial charge in [-0.05, 0) is 44.5 Å². The highest BCUT2D eigenvalue weighted by molar-refractivity contribution is 5.84. The maximum absolute atomic E-state index is 3.71. The number of hydrogen-bond acceptors (Lipinski definition) is 1. The van der Waals surface area contributed by atoms with Gasteiger partial charge in [0.05, 0.1) is 0 Å². The van der Waals surface area contributed by atoms with Crippen LogP contribution in [0.15, 0.2) is 24.3 Å². The van der Waals surface area contributed by atoms with Gasteiger partial charge in [-0.15, -0.1) is 0 Å². The zero-order valence-corrected chi connectivity index (χ0v) is 12.1. The number of benzene rings is 1. The van der Waals surface area contributed by atoms with Gasteiger partial charge in [0.2, 0.25) is 0 Å². The SMILES string of the molecule is CN(C)Cc1c(C2CCCCC2)[nH]c2ccccc12. The fraction of sp³-hybridized carbons (Fsp3) is 0.529. The molecule has 0 amide bonds. The summed E-state index contributed by atoms with van der Waals surface area (Å²) in [6.45, 7) is 1.04. The molecular formula is C17H24N2. The van der Waals surface area contributed by atoms with E-state index >= 15 is 0 Å². The highest BCUT2D eigenvalue weighted by atomic mass is 15.1. The van der Waals surface area contributed by atoms with Gasteiger partial charge in [-0.2, -0.15) is 0 Å². The molecule has 2 heteroatoms. The summed E-state index contributed by atoms with van der Waals surface area (Å²) in [4.78, 5) is 5.99. The Bertz CT molecular complexity index is 547. The largest absolute Gasteiger partial charge is 0.358 e. The Morgan fingerprint density at radius 1 is 1.11 bits per heavy atom. The van der Waals surface area contributed by atoms with Gasteiger partial charge in [0.1, 0.15) is 0 Å². The average molecular weight is 256 g/mol. The third-order valence-electron chi connectivity index (χ3n) is 4.33. The molecule has 1 aliphatic rings. The first-order valence-corrected chi connectivity index (χ1v) is 7.50. The minimum absolute atomic E-state index is 0.746. The Kier molecular flexibility index (Phi) is 3.61. The summed E-state index contributed by atoms with van der Waals surface area (Å²) in [5, 5.41) is 1.41. The Morgan fingerprint density at radius 2 is 1.84 bits per heavy atom. The molecule has 0 radical (unpaired) electrons. The molecule has 1 aromatic carbocycles. The van der Waals surface area contributed by atoms with Crippen molar-refractivity contribution in [2.24, 2.45) is 0 Å². The number of rotatable bonds is 3. The first-order chi connectivity index (χ1) is 9.25. The molecule has 1 aliphatic carbocycles. The van der Waals surface area contributed by atoms with E-state index < -0.39 is 0 Å². The van der Waals surface area contributed by atoms with Gasteiger partial charge in [0, 0.05) is 23.1 Å². The molecule has 3 rings (SSSR count). The van der Waals surface area contributed by atoms with Crippen molar-refractivity contribution in [1.29, 1.82) is 0 Å². The van der Waals surface area contributed by atoms with Crippen molar-refractivity contribution in [3.8, 4) is 0 Å². The summed E-state index contributed by atoms with van der Waals surface area (Å²) in [6, 6.07) is 8.75. The van der Waals surface area contributed by atoms with E-state index in [1.165, 1.54) is 54.3 Å². The fourth-order valence-electron chi connectivity index (χ4n) is 3.45. The number of fused-ring (bicyclic) bond motifs is 1. The molecule has 0 atom stereocenters. The number of nitrogens with one attached hydrogen (secondary N) is 1. The molecule has 0 saturated heterocycles. The number of H-pyrrole nitrogens is 1. The third kappa shape index (κ3) is 2.55. The van der Waals surface area contributed by atoms with Crippen LogP contribution in [0, 0.1) is 0 Å². The monoisotopic (exact) mass is 256 g/mol. The molecule has 1 aromatic heterocycles. The molecule has 0 bridgehead atoms. The Labute approximate surface area is 115 Å². The second-order valence-electron chi connectivity index (χ2n) is 6.14. The lowest BCUT2D eigenvalue weighted by atomic mass is 9.85. The zero-order chi connectivity index (χ0) is 13.2. The van der Waals surface area contributed by atoms with Crippen LogP contribution in [0.1, 0.15) is 49.3 Å². The third-order valence-corrected chi connectivity index (χ3v) is 4.33. The van der Waals surface area contributed by atoms with Crippen molar-refractivity contribution in [2.45, 2.75) is 44.6 Å². The Hall–Kier alpha value is -1.28. The van der Waals surface area contributed by atoms with Crippen LogP contribution in [0.3, 0.4) is 0 Å². The quantitative estimate of drug-likeness (QED) is 0.868. The summed E-state index contributed by atoms with van der Waals surface area (Å²) in [5.41, 5.74) is 4.34. The van der Waals surface area contributed by atoms with Crippen LogP contribution in [-0.4, -0.2) is 24.0 Å². The maximum atomic E-state index is 3.71. The van der Waals surface area contributed by atoms with Crippen molar-refractivity contribution >= 4 is 10.9 Å². The van der Waals surface area contributed by atoms with Crippen molar-refractivity contribution in [2.75, 3.05) is 14.1 Å². The minimum atomic E-state index is 0.746. The van der Waals surface area contributed by atoms with Gasteiger partial charge in [-0.3, -0.25) is 0 Å². The molecule has 1 heterocycles. The summed E-state index contributed by atoms with van der Waals surface area (Å²) in [6.07, 6.45) is 6.91. The highest BCUT2D eigenvalue weighted by Gasteiger charge is 2.22. The van der Waals surface area contributed by atoms with Gasteiger partial charge >= 0.3 is 0 Å². The summed E-state index contributed by atoms with van der Waals surface area (Å²) in [5.74, 6) is 0.746. The van der Waals surface area contributed by atoms with Crippen molar-refractivity contribution in [1.82, 2.24) is 9.88 Å². The van der Waals surface area contributed by atoms with E-state index in [-0.39, 0.29) is 0 Å². The number of para-hydroxylation sites is 1. The molecular weight excluding hydrogens is 232 g/mol. The van der Waals surface area contributed by atoms with Crippen LogP contribution in [0.5, 0.6) is 0 Å². The molecule has 0 aliphatic heterocycles. The van der Waals surface area contributed by atoms with E-state index in [1.807, 2.05) is 0 Å². The normalized spacial score (nSPS) is 17.4. The number of nitrogens with zero attached hydrogens (tertiary/aromatic N) is 1. The molecule has 19 heavy (non-hydrogen) atoms. The van der Waals surface area contributed by atoms with Gasteiger partial charge in [-0.25, -0.2) is 0 Å². The molecule has 2 aromatic rings. The van der Waals surface area contributed by atoms with E-state index in [2.05, 4.69) is 48.2 Å². The fourth-order valence-corrected chi connectivity index (χ4v) is 3.45. The highest BCUT2D eigenvalue weighted by Crippen LogP contribution is 2.37. The minimum Gasteiger partial charge on any atom is -0.358 e. The van der Waals surface area contributed by atoms with E-state index in [0.29, 0.717) is 0 Å². The van der Waals surface area contributed by atoms with Crippen LogP contribution in [-0.2, 0) is 6.54 Å². The number of hydrogen-bond donors (Lipinski definition) is 1. The van der Waals surface area contributed by atoms with Gasteiger partial charge in [0.15, 0.2) is 0 Å². The summed E-state index contributed by atoms with van der Waals surface area (Å²) in [7, 11) is 4.32. The average Bonchev–Trinajstić information content (AvgIpc) is 2.78. The standard InChI is InChI=1S/C17H24N2/c1-19(2)12-15-14-10-6-7-11-16(14)18-17(15)13-8-4-3-5-9-13/h6-7,10-11,13,18H,3-5,8-9,12H2,1-2H3. The first kappa shape index (κ1) is 12.7. The van der Waals surface area contributed by atoms with Crippen LogP contribution in [0.25, 0.3) is 10.9 Å². The molecule has 0 spiro atoms. The lowest BCUT2D eigenvalue weighted by Gasteiger charge is -2.23. The van der Waals surface area contributed by atoms with E-state index in [4.69, 9.17) is 0 Å². The second-order valence-corrected chi connectivity index (χ2v) is 6.14. The molecule has 1 saturated carbocycles. The number of aromatic amines is 1.